The van der Waals surface area contributed by atoms with Crippen LogP contribution in [0, 0.1) is 0 Å². The molecule has 34 heavy (non-hydrogen) atoms. The monoisotopic (exact) mass is 454 g/mol. The number of hydrogen-bond donors (Lipinski definition) is 0. The molecule has 0 saturated carbocycles. The van der Waals surface area contributed by atoms with Gasteiger partial charge in [0.1, 0.15) is 17.0 Å². The van der Waals surface area contributed by atoms with Crippen LogP contribution >= 0.6 is 0 Å². The molecule has 0 N–H and O–H groups in total. The van der Waals surface area contributed by atoms with Gasteiger partial charge in [0.2, 0.25) is 0 Å². The molecule has 1 aliphatic heterocycles. The number of methoxy groups -OCH3 is 1. The second-order valence-corrected chi connectivity index (χ2v) is 8.30. The largest absolute Gasteiger partial charge is 0.495 e. The van der Waals surface area contributed by atoms with E-state index in [0.29, 0.717) is 38.4 Å². The molecule has 7 heteroatoms. The average Bonchev–Trinajstić information content (AvgIpc) is 2.90. The molecular weight excluding hydrogens is 428 g/mol. The van der Waals surface area contributed by atoms with Crippen LogP contribution in [0.25, 0.3) is 11.0 Å². The van der Waals surface area contributed by atoms with Crippen LogP contribution < -0.4 is 15.2 Å². The third-order valence-corrected chi connectivity index (χ3v) is 6.25. The lowest BCUT2D eigenvalue weighted by molar-refractivity contribution is 0.0744. The fourth-order valence-electron chi connectivity index (χ4n) is 4.48. The van der Waals surface area contributed by atoms with Crippen molar-refractivity contribution >= 4 is 22.6 Å². The number of rotatable bonds is 5. The number of anilines is 1. The maximum atomic E-state index is 13.5. The molecule has 1 aliphatic rings. The van der Waals surface area contributed by atoms with E-state index in [9.17, 15) is 9.59 Å². The maximum Gasteiger partial charge on any atom is 0.265 e. The zero-order valence-corrected chi connectivity index (χ0v) is 19.1. The minimum absolute atomic E-state index is 0.183. The number of nitrogens with zero attached hydrogens (tertiary/aromatic N) is 4. The molecule has 0 atom stereocenters. The minimum Gasteiger partial charge on any atom is -0.495 e. The molecule has 7 nitrogen and oxygen atoms in total. The highest BCUT2D eigenvalue weighted by molar-refractivity contribution is 5.97. The summed E-state index contributed by atoms with van der Waals surface area (Å²) in [6.07, 6.45) is 1.67. The van der Waals surface area contributed by atoms with Gasteiger partial charge in [0, 0.05) is 37.8 Å². The molecule has 0 aliphatic carbocycles. The maximum absolute atomic E-state index is 13.5. The summed E-state index contributed by atoms with van der Waals surface area (Å²) >= 11 is 0. The zero-order valence-electron chi connectivity index (χ0n) is 19.1. The Balaban J connectivity index is 1.43. The van der Waals surface area contributed by atoms with E-state index in [2.05, 4.69) is 9.88 Å². The summed E-state index contributed by atoms with van der Waals surface area (Å²) in [6.45, 7) is 2.75. The second-order valence-electron chi connectivity index (χ2n) is 8.30. The number of para-hydroxylation sites is 2. The molecule has 0 spiro atoms. The zero-order chi connectivity index (χ0) is 23.5. The number of ether oxygens (including phenoxy) is 1. The van der Waals surface area contributed by atoms with E-state index < -0.39 is 0 Å². The quantitative estimate of drug-likeness (QED) is 0.462. The fraction of sp³-hybridized carbons (Fsp3) is 0.222. The molecule has 172 valence electrons. The van der Waals surface area contributed by atoms with Crippen LogP contribution in [-0.4, -0.2) is 53.6 Å². The van der Waals surface area contributed by atoms with Gasteiger partial charge in [0.05, 0.1) is 19.3 Å². The Morgan fingerprint density at radius 2 is 1.68 bits per heavy atom. The van der Waals surface area contributed by atoms with Crippen molar-refractivity contribution in [2.24, 2.45) is 0 Å². The summed E-state index contributed by atoms with van der Waals surface area (Å²) < 4.78 is 7.09. The van der Waals surface area contributed by atoms with Crippen LogP contribution in [0.2, 0.25) is 0 Å². The van der Waals surface area contributed by atoms with Gasteiger partial charge in [0.25, 0.3) is 11.5 Å². The van der Waals surface area contributed by atoms with Crippen LogP contribution in [-0.2, 0) is 6.54 Å². The topological polar surface area (TPSA) is 67.7 Å². The molecule has 4 aromatic rings. The lowest BCUT2D eigenvalue weighted by atomic mass is 10.1. The van der Waals surface area contributed by atoms with E-state index in [1.165, 1.54) is 0 Å². The number of piperazine rings is 1. The Bertz CT molecular complexity index is 1380. The van der Waals surface area contributed by atoms with Gasteiger partial charge in [-0.05, 0) is 35.9 Å². The van der Waals surface area contributed by atoms with Gasteiger partial charge >= 0.3 is 0 Å². The number of carbonyl (C=O) groups excluding carboxylic acids is 1. The summed E-state index contributed by atoms with van der Waals surface area (Å²) in [7, 11) is 1.66. The molecule has 1 fully saturated rings. The molecule has 1 saturated heterocycles. The van der Waals surface area contributed by atoms with E-state index in [-0.39, 0.29) is 17.0 Å². The Labute approximate surface area is 197 Å². The summed E-state index contributed by atoms with van der Waals surface area (Å²) in [5.41, 5.74) is 2.44. The molecule has 1 amide bonds. The molecule has 5 rings (SSSR count). The Morgan fingerprint density at radius 1 is 0.941 bits per heavy atom. The lowest BCUT2D eigenvalue weighted by Crippen LogP contribution is -2.50. The van der Waals surface area contributed by atoms with Crippen LogP contribution in [0.4, 0.5) is 5.69 Å². The van der Waals surface area contributed by atoms with E-state index in [1.54, 1.807) is 28.8 Å². The average molecular weight is 455 g/mol. The summed E-state index contributed by atoms with van der Waals surface area (Å²) in [4.78, 5) is 35.4. The summed E-state index contributed by atoms with van der Waals surface area (Å²) in [5.74, 6) is 0.574. The molecule has 3 heterocycles. The molecule has 0 radical (unpaired) electrons. The molecule has 0 unspecified atom stereocenters. The van der Waals surface area contributed by atoms with Gasteiger partial charge in [-0.1, -0.05) is 42.5 Å². The van der Waals surface area contributed by atoms with E-state index in [4.69, 9.17) is 4.74 Å². The summed E-state index contributed by atoms with van der Waals surface area (Å²) in [5, 5.41) is 0.772. The number of carbonyl (C=O) groups is 1. The van der Waals surface area contributed by atoms with Crippen LogP contribution in [0.1, 0.15) is 15.9 Å². The highest BCUT2D eigenvalue weighted by Crippen LogP contribution is 2.28. The smallest absolute Gasteiger partial charge is 0.265 e. The number of amides is 1. The highest BCUT2D eigenvalue weighted by Gasteiger charge is 2.26. The molecular formula is C27H26N4O3. The Morgan fingerprint density at radius 3 is 2.44 bits per heavy atom. The highest BCUT2D eigenvalue weighted by atomic mass is 16.5. The number of hydrogen-bond acceptors (Lipinski definition) is 5. The first-order valence-corrected chi connectivity index (χ1v) is 11.4. The van der Waals surface area contributed by atoms with Gasteiger partial charge in [-0.3, -0.25) is 14.2 Å². The van der Waals surface area contributed by atoms with Gasteiger partial charge in [-0.25, -0.2) is 4.98 Å². The van der Waals surface area contributed by atoms with Crippen molar-refractivity contribution < 1.29 is 9.53 Å². The number of fused-ring (bicyclic) bond motifs is 1. The molecule has 2 aromatic carbocycles. The predicted molar refractivity (Wildman–Crippen MR) is 133 cm³/mol. The summed E-state index contributed by atoms with van der Waals surface area (Å²) in [6, 6.07) is 23.0. The first-order chi connectivity index (χ1) is 16.7. The van der Waals surface area contributed by atoms with Gasteiger partial charge in [-0.15, -0.1) is 0 Å². The lowest BCUT2D eigenvalue weighted by Gasteiger charge is -2.36. The van der Waals surface area contributed by atoms with Crippen LogP contribution in [0.15, 0.2) is 83.8 Å². The predicted octanol–water partition coefficient (Wildman–Crippen LogP) is 3.42. The standard InChI is InChI=1S/C27H26N4O3/c1-34-24-12-6-5-11-23(24)29-14-16-30(17-15-29)26(32)22-18-21-10-7-13-28-25(21)31(27(22)33)19-20-8-3-2-4-9-20/h2-13,18H,14-17,19H2,1H3. The third-order valence-electron chi connectivity index (χ3n) is 6.25. The third kappa shape index (κ3) is 4.12. The van der Waals surface area contributed by atoms with Crippen molar-refractivity contribution in [3.8, 4) is 5.75 Å². The molecule has 0 bridgehead atoms. The molecule has 2 aromatic heterocycles. The van der Waals surface area contributed by atoms with Crippen molar-refractivity contribution in [1.82, 2.24) is 14.5 Å². The first-order valence-electron chi connectivity index (χ1n) is 11.4. The van der Waals surface area contributed by atoms with Crippen molar-refractivity contribution in [2.75, 3.05) is 38.2 Å². The fourth-order valence-corrected chi connectivity index (χ4v) is 4.48. The van der Waals surface area contributed by atoms with E-state index in [0.717, 1.165) is 22.4 Å². The SMILES string of the molecule is COc1ccccc1N1CCN(C(=O)c2cc3cccnc3n(Cc3ccccc3)c2=O)CC1. The number of benzene rings is 2. The first kappa shape index (κ1) is 21.7. The van der Waals surface area contributed by atoms with Crippen molar-refractivity contribution in [3.05, 3.63) is 100 Å². The minimum atomic E-state index is -0.313. The van der Waals surface area contributed by atoms with Crippen LogP contribution in [0.3, 0.4) is 0 Å². The normalized spacial score (nSPS) is 13.8. The van der Waals surface area contributed by atoms with Gasteiger partial charge in [-0.2, -0.15) is 0 Å². The van der Waals surface area contributed by atoms with Gasteiger partial charge in [0.15, 0.2) is 0 Å². The van der Waals surface area contributed by atoms with E-state index in [1.807, 2.05) is 66.7 Å². The van der Waals surface area contributed by atoms with Crippen molar-refractivity contribution in [1.29, 1.82) is 0 Å². The van der Waals surface area contributed by atoms with Crippen LogP contribution in [0.5, 0.6) is 5.75 Å². The van der Waals surface area contributed by atoms with E-state index >= 15 is 0 Å². The van der Waals surface area contributed by atoms with Crippen molar-refractivity contribution in [2.45, 2.75) is 6.54 Å². The second kappa shape index (κ2) is 9.39. The number of aromatic nitrogens is 2. The Kier molecular flexibility index (Phi) is 5.99. The Hall–Kier alpha value is -4.13. The van der Waals surface area contributed by atoms with Crippen molar-refractivity contribution in [3.63, 3.8) is 0 Å². The van der Waals surface area contributed by atoms with Gasteiger partial charge < -0.3 is 14.5 Å². The number of pyridine rings is 2.